The third-order valence-corrected chi connectivity index (χ3v) is 3.78. The van der Waals surface area contributed by atoms with Crippen molar-refractivity contribution in [2.45, 2.75) is 39.8 Å². The van der Waals surface area contributed by atoms with Crippen molar-refractivity contribution in [3.05, 3.63) is 40.9 Å². The number of hydrogen-bond donors (Lipinski definition) is 0. The first-order chi connectivity index (χ1) is 10.9. The van der Waals surface area contributed by atoms with Crippen LogP contribution in [0.2, 0.25) is 0 Å². The highest BCUT2D eigenvalue weighted by Crippen LogP contribution is 2.14. The van der Waals surface area contributed by atoms with Crippen LogP contribution in [-0.2, 0) is 11.3 Å². The molecular weight excluding hydrogens is 294 g/mol. The minimum absolute atomic E-state index is 0.110. The molecule has 0 aliphatic rings. The fourth-order valence-corrected chi connectivity index (χ4v) is 2.43. The van der Waals surface area contributed by atoms with Gasteiger partial charge in [0.1, 0.15) is 6.54 Å². The normalized spacial score (nSPS) is 12.4. The number of likely N-dealkylation sites (N-methyl/N-ethyl adjacent to an activating group) is 1. The van der Waals surface area contributed by atoms with Crippen LogP contribution in [-0.4, -0.2) is 33.7 Å². The third kappa shape index (κ3) is 4.31. The summed E-state index contributed by atoms with van der Waals surface area (Å²) in [6.07, 6.45) is 0.908. The van der Waals surface area contributed by atoms with E-state index in [4.69, 9.17) is 4.42 Å². The average Bonchev–Trinajstić information content (AvgIpc) is 2.87. The molecule has 124 valence electrons. The van der Waals surface area contributed by atoms with E-state index in [-0.39, 0.29) is 24.4 Å². The van der Waals surface area contributed by atoms with Crippen LogP contribution in [0, 0.1) is 5.92 Å². The molecule has 0 aliphatic carbocycles. The van der Waals surface area contributed by atoms with Gasteiger partial charge in [-0.1, -0.05) is 32.0 Å². The maximum atomic E-state index is 12.3. The topological polar surface area (TPSA) is 68.3 Å². The maximum absolute atomic E-state index is 12.3. The fourth-order valence-electron chi connectivity index (χ4n) is 2.43. The van der Waals surface area contributed by atoms with Crippen molar-refractivity contribution in [1.82, 2.24) is 14.7 Å². The summed E-state index contributed by atoms with van der Waals surface area (Å²) in [6.45, 7) is 6.11. The molecule has 0 fully saturated rings. The van der Waals surface area contributed by atoms with Gasteiger partial charge in [-0.15, -0.1) is 5.10 Å². The predicted molar refractivity (Wildman–Crippen MR) is 87.9 cm³/mol. The van der Waals surface area contributed by atoms with Crippen LogP contribution < -0.4 is 5.76 Å². The number of benzene rings is 1. The number of aromatic nitrogens is 2. The minimum atomic E-state index is -0.623. The number of hydrogen-bond acceptors (Lipinski definition) is 4. The van der Waals surface area contributed by atoms with Gasteiger partial charge in [0.2, 0.25) is 11.8 Å². The second kappa shape index (κ2) is 7.26. The van der Waals surface area contributed by atoms with Crippen molar-refractivity contribution >= 4 is 5.91 Å². The highest BCUT2D eigenvalue weighted by molar-refractivity contribution is 5.75. The smallest absolute Gasteiger partial charge is 0.388 e. The van der Waals surface area contributed by atoms with Crippen LogP contribution in [0.5, 0.6) is 0 Å². The van der Waals surface area contributed by atoms with E-state index in [1.807, 2.05) is 25.1 Å². The highest BCUT2D eigenvalue weighted by atomic mass is 16.4. The zero-order valence-corrected chi connectivity index (χ0v) is 14.0. The Morgan fingerprint density at radius 1 is 1.26 bits per heavy atom. The van der Waals surface area contributed by atoms with Gasteiger partial charge in [0.15, 0.2) is 0 Å². The summed E-state index contributed by atoms with van der Waals surface area (Å²) in [5, 5.41) is 4.11. The number of nitrogens with zero attached hydrogens (tertiary/aromatic N) is 3. The van der Waals surface area contributed by atoms with Gasteiger partial charge < -0.3 is 9.32 Å². The molecule has 0 aliphatic heterocycles. The number of carbonyl (C=O) groups is 1. The van der Waals surface area contributed by atoms with Gasteiger partial charge in [-0.25, -0.2) is 4.79 Å². The first-order valence-corrected chi connectivity index (χ1v) is 7.77. The van der Waals surface area contributed by atoms with E-state index in [0.29, 0.717) is 11.5 Å². The Morgan fingerprint density at radius 3 is 2.52 bits per heavy atom. The molecule has 6 nitrogen and oxygen atoms in total. The van der Waals surface area contributed by atoms with Crippen molar-refractivity contribution in [3.8, 4) is 11.5 Å². The first-order valence-electron chi connectivity index (χ1n) is 7.77. The Morgan fingerprint density at radius 2 is 1.91 bits per heavy atom. The van der Waals surface area contributed by atoms with Gasteiger partial charge >= 0.3 is 5.76 Å². The summed E-state index contributed by atoms with van der Waals surface area (Å²) in [7, 11) is 1.75. The SMILES string of the molecule is CC(C)C[C@H](C)N(C)C(=O)Cn1nc(-c2ccccc2)oc1=O. The van der Waals surface area contributed by atoms with E-state index in [1.165, 1.54) is 0 Å². The molecule has 0 saturated carbocycles. The fraction of sp³-hybridized carbons (Fsp3) is 0.471. The number of carbonyl (C=O) groups excluding carboxylic acids is 1. The Balaban J connectivity index is 2.10. The lowest BCUT2D eigenvalue weighted by Crippen LogP contribution is -2.39. The van der Waals surface area contributed by atoms with E-state index in [0.717, 1.165) is 11.1 Å². The van der Waals surface area contributed by atoms with E-state index in [2.05, 4.69) is 18.9 Å². The Bertz CT molecular complexity index is 703. The first kappa shape index (κ1) is 17.0. The van der Waals surface area contributed by atoms with Crippen molar-refractivity contribution in [2.75, 3.05) is 7.05 Å². The highest BCUT2D eigenvalue weighted by Gasteiger charge is 2.19. The molecule has 0 bridgehead atoms. The molecule has 1 aromatic carbocycles. The van der Waals surface area contributed by atoms with E-state index in [1.54, 1.807) is 24.1 Å². The van der Waals surface area contributed by atoms with Crippen LogP contribution >= 0.6 is 0 Å². The summed E-state index contributed by atoms with van der Waals surface area (Å²) in [5.74, 6) is -0.0590. The van der Waals surface area contributed by atoms with Gasteiger partial charge in [-0.05, 0) is 31.4 Å². The lowest BCUT2D eigenvalue weighted by Gasteiger charge is -2.26. The molecule has 2 rings (SSSR count). The van der Waals surface area contributed by atoms with E-state index >= 15 is 0 Å². The van der Waals surface area contributed by atoms with Gasteiger partial charge in [0.25, 0.3) is 0 Å². The van der Waals surface area contributed by atoms with Crippen molar-refractivity contribution < 1.29 is 9.21 Å². The van der Waals surface area contributed by atoms with Crippen LogP contribution in [0.25, 0.3) is 11.5 Å². The molecule has 1 amide bonds. The van der Waals surface area contributed by atoms with Crippen LogP contribution in [0.15, 0.2) is 39.5 Å². The number of rotatable bonds is 6. The minimum Gasteiger partial charge on any atom is -0.388 e. The molecule has 0 spiro atoms. The van der Waals surface area contributed by atoms with Crippen molar-refractivity contribution in [2.24, 2.45) is 5.92 Å². The third-order valence-electron chi connectivity index (χ3n) is 3.78. The zero-order chi connectivity index (χ0) is 17.0. The van der Waals surface area contributed by atoms with Gasteiger partial charge in [-0.3, -0.25) is 4.79 Å². The Hall–Kier alpha value is -2.37. The largest absolute Gasteiger partial charge is 0.437 e. The molecule has 1 heterocycles. The number of amides is 1. The second-order valence-electron chi connectivity index (χ2n) is 6.18. The van der Waals surface area contributed by atoms with E-state index < -0.39 is 5.76 Å². The summed E-state index contributed by atoms with van der Waals surface area (Å²) < 4.78 is 6.20. The molecule has 0 radical (unpaired) electrons. The average molecular weight is 317 g/mol. The maximum Gasteiger partial charge on any atom is 0.437 e. The van der Waals surface area contributed by atoms with E-state index in [9.17, 15) is 9.59 Å². The van der Waals surface area contributed by atoms with Crippen LogP contribution in [0.4, 0.5) is 0 Å². The standard InChI is InChI=1S/C17H23N3O3/c1-12(2)10-13(3)19(4)15(21)11-20-17(22)23-16(18-20)14-8-6-5-7-9-14/h5-9,12-13H,10-11H2,1-4H3/t13-/m0/s1. The Kier molecular flexibility index (Phi) is 5.36. The summed E-state index contributed by atoms with van der Waals surface area (Å²) in [4.78, 5) is 25.9. The molecular formula is C17H23N3O3. The lowest BCUT2D eigenvalue weighted by molar-refractivity contribution is -0.132. The zero-order valence-electron chi connectivity index (χ0n) is 14.0. The lowest BCUT2D eigenvalue weighted by atomic mass is 10.0. The summed E-state index contributed by atoms with van der Waals surface area (Å²) >= 11 is 0. The molecule has 0 unspecified atom stereocenters. The molecule has 1 atom stereocenters. The molecule has 6 heteroatoms. The van der Waals surface area contributed by atoms with Crippen molar-refractivity contribution in [3.63, 3.8) is 0 Å². The quantitative estimate of drug-likeness (QED) is 0.820. The Labute approximate surface area is 135 Å². The monoisotopic (exact) mass is 317 g/mol. The van der Waals surface area contributed by atoms with Crippen LogP contribution in [0.1, 0.15) is 27.2 Å². The van der Waals surface area contributed by atoms with Gasteiger partial charge in [-0.2, -0.15) is 4.68 Å². The van der Waals surface area contributed by atoms with Crippen LogP contribution in [0.3, 0.4) is 0 Å². The predicted octanol–water partition coefficient (Wildman–Crippen LogP) is 2.40. The molecule has 2 aromatic rings. The molecule has 0 N–H and O–H groups in total. The second-order valence-corrected chi connectivity index (χ2v) is 6.18. The summed E-state index contributed by atoms with van der Waals surface area (Å²) in [6, 6.07) is 9.25. The molecule has 23 heavy (non-hydrogen) atoms. The van der Waals surface area contributed by atoms with Gasteiger partial charge in [0, 0.05) is 18.7 Å². The molecule has 0 saturated heterocycles. The summed E-state index contributed by atoms with van der Waals surface area (Å²) in [5.41, 5.74) is 0.706. The molecule has 1 aromatic heterocycles. The van der Waals surface area contributed by atoms with Crippen molar-refractivity contribution in [1.29, 1.82) is 0 Å². The van der Waals surface area contributed by atoms with Gasteiger partial charge in [0.05, 0.1) is 0 Å².